The van der Waals surface area contributed by atoms with Gasteiger partial charge in [-0.25, -0.2) is 17.2 Å². The Hall–Kier alpha value is -2.55. The molecular weight excluding hydrogens is 306 g/mol. The molecule has 2 rings (SSSR count). The zero-order valence-electron chi connectivity index (χ0n) is 10.3. The van der Waals surface area contributed by atoms with Crippen molar-refractivity contribution >= 4 is 21.4 Å². The fraction of sp³-hybridized carbons (Fsp3) is 0. The van der Waals surface area contributed by atoms with Gasteiger partial charge >= 0.3 is 0 Å². The fourth-order valence-electron chi connectivity index (χ4n) is 1.62. The first-order valence-corrected chi connectivity index (χ1v) is 7.01. The summed E-state index contributed by atoms with van der Waals surface area (Å²) in [5.74, 6) is -2.19. The first-order valence-electron chi connectivity index (χ1n) is 5.53. The molecule has 9 heteroatoms. The minimum atomic E-state index is -4.49. The first-order chi connectivity index (χ1) is 9.83. The second-order valence-electron chi connectivity index (χ2n) is 3.93. The summed E-state index contributed by atoms with van der Waals surface area (Å²) >= 11 is 0. The fourth-order valence-corrected chi connectivity index (χ4v) is 2.78. The zero-order chi connectivity index (χ0) is 15.6. The molecule has 0 saturated carbocycles. The highest BCUT2D eigenvalue weighted by Gasteiger charge is 2.25. The third-order valence-corrected chi connectivity index (χ3v) is 3.93. The van der Waals surface area contributed by atoms with E-state index in [-0.39, 0.29) is 0 Å². The second-order valence-corrected chi connectivity index (χ2v) is 5.58. The van der Waals surface area contributed by atoms with E-state index in [9.17, 15) is 27.3 Å². The van der Waals surface area contributed by atoms with E-state index in [1.807, 2.05) is 0 Å². The molecule has 0 aliphatic carbocycles. The molecule has 2 aromatic carbocycles. The van der Waals surface area contributed by atoms with Crippen LogP contribution < -0.4 is 4.72 Å². The van der Waals surface area contributed by atoms with E-state index >= 15 is 0 Å². The van der Waals surface area contributed by atoms with E-state index in [1.165, 1.54) is 12.1 Å². The van der Waals surface area contributed by atoms with Gasteiger partial charge in [-0.05, 0) is 18.2 Å². The molecule has 110 valence electrons. The van der Waals surface area contributed by atoms with Gasteiger partial charge in [0, 0.05) is 6.07 Å². The smallest absolute Gasteiger partial charge is 0.270 e. The molecule has 2 aromatic rings. The summed E-state index contributed by atoms with van der Waals surface area (Å²) in [7, 11) is -4.49. The number of hydrogen-bond acceptors (Lipinski definition) is 4. The number of rotatable bonds is 4. The Bertz CT molecular complexity index is 809. The lowest BCUT2D eigenvalue weighted by Crippen LogP contribution is -2.16. The molecule has 21 heavy (non-hydrogen) atoms. The topological polar surface area (TPSA) is 89.3 Å². The molecule has 0 radical (unpaired) electrons. The molecular formula is C12H8F2N2O4S. The maximum absolute atomic E-state index is 13.6. The molecule has 6 nitrogen and oxygen atoms in total. The van der Waals surface area contributed by atoms with Crippen LogP contribution in [0, 0.1) is 21.7 Å². The Balaban J connectivity index is 2.52. The summed E-state index contributed by atoms with van der Waals surface area (Å²) in [6.45, 7) is 0. The van der Waals surface area contributed by atoms with Crippen LogP contribution in [-0.2, 0) is 10.0 Å². The van der Waals surface area contributed by atoms with E-state index in [1.54, 1.807) is 4.72 Å². The van der Waals surface area contributed by atoms with Gasteiger partial charge in [0.05, 0.1) is 4.92 Å². The number of nitrogens with one attached hydrogen (secondary N) is 1. The molecule has 0 aliphatic heterocycles. The lowest BCUT2D eigenvalue weighted by molar-refractivity contribution is -0.384. The molecule has 0 saturated heterocycles. The van der Waals surface area contributed by atoms with Crippen molar-refractivity contribution in [3.8, 4) is 0 Å². The van der Waals surface area contributed by atoms with Gasteiger partial charge in [-0.15, -0.1) is 0 Å². The maximum Gasteiger partial charge on any atom is 0.296 e. The highest BCUT2D eigenvalue weighted by molar-refractivity contribution is 7.92. The van der Waals surface area contributed by atoms with Gasteiger partial charge < -0.3 is 0 Å². The highest BCUT2D eigenvalue weighted by Crippen LogP contribution is 2.29. The minimum Gasteiger partial charge on any atom is -0.270 e. The predicted molar refractivity (Wildman–Crippen MR) is 70.3 cm³/mol. The van der Waals surface area contributed by atoms with Crippen LogP contribution in [0.1, 0.15) is 0 Å². The summed E-state index contributed by atoms with van der Waals surface area (Å²) in [5, 5.41) is 10.8. The first kappa shape index (κ1) is 14.9. The van der Waals surface area contributed by atoms with E-state index in [2.05, 4.69) is 0 Å². The summed E-state index contributed by atoms with van der Waals surface area (Å²) in [6, 6.07) is 7.27. The number of hydrogen-bond donors (Lipinski definition) is 1. The highest BCUT2D eigenvalue weighted by atomic mass is 32.2. The van der Waals surface area contributed by atoms with Gasteiger partial charge in [-0.2, -0.15) is 0 Å². The van der Waals surface area contributed by atoms with E-state index in [0.29, 0.717) is 0 Å². The van der Waals surface area contributed by atoms with Crippen LogP contribution in [-0.4, -0.2) is 13.3 Å². The van der Waals surface area contributed by atoms with Crippen LogP contribution in [0.15, 0.2) is 47.4 Å². The molecule has 0 bridgehead atoms. The minimum absolute atomic E-state index is 0.734. The summed E-state index contributed by atoms with van der Waals surface area (Å²) in [5.41, 5.74) is -1.61. The van der Waals surface area contributed by atoms with Crippen LogP contribution in [0.3, 0.4) is 0 Å². The largest absolute Gasteiger partial charge is 0.296 e. The Morgan fingerprint density at radius 3 is 2.24 bits per heavy atom. The molecule has 0 atom stereocenters. The molecule has 0 heterocycles. The Morgan fingerprint density at radius 1 is 1.00 bits per heavy atom. The monoisotopic (exact) mass is 314 g/mol. The van der Waals surface area contributed by atoms with Crippen LogP contribution in [0.2, 0.25) is 0 Å². The van der Waals surface area contributed by atoms with E-state index in [4.69, 9.17) is 0 Å². The average Bonchev–Trinajstić information content (AvgIpc) is 2.41. The number of nitro groups is 1. The third kappa shape index (κ3) is 2.97. The normalized spacial score (nSPS) is 11.1. The Kier molecular flexibility index (Phi) is 3.85. The number of para-hydroxylation sites is 1. The predicted octanol–water partition coefficient (Wildman–Crippen LogP) is 2.67. The van der Waals surface area contributed by atoms with Gasteiger partial charge in [0.1, 0.15) is 10.7 Å². The molecule has 0 unspecified atom stereocenters. The molecule has 0 amide bonds. The van der Waals surface area contributed by atoms with Crippen molar-refractivity contribution in [2.45, 2.75) is 4.90 Å². The van der Waals surface area contributed by atoms with E-state index < -0.39 is 42.9 Å². The van der Waals surface area contributed by atoms with Crippen molar-refractivity contribution in [1.82, 2.24) is 0 Å². The lowest BCUT2D eigenvalue weighted by Gasteiger charge is -2.09. The van der Waals surface area contributed by atoms with Crippen molar-refractivity contribution in [1.29, 1.82) is 0 Å². The molecule has 0 aromatic heterocycles. The van der Waals surface area contributed by atoms with Crippen molar-refractivity contribution in [2.75, 3.05) is 4.72 Å². The van der Waals surface area contributed by atoms with Gasteiger partial charge in [-0.1, -0.05) is 18.2 Å². The van der Waals surface area contributed by atoms with Crippen LogP contribution in [0.4, 0.5) is 20.2 Å². The SMILES string of the molecule is O=[N+]([O-])c1cccc(F)c1NS(=O)(=O)c1ccccc1F. The van der Waals surface area contributed by atoms with Crippen molar-refractivity contribution < 1.29 is 22.1 Å². The second kappa shape index (κ2) is 5.44. The van der Waals surface area contributed by atoms with Crippen molar-refractivity contribution in [2.24, 2.45) is 0 Å². The zero-order valence-corrected chi connectivity index (χ0v) is 11.1. The number of nitrogens with zero attached hydrogens (tertiary/aromatic N) is 1. The van der Waals surface area contributed by atoms with Crippen molar-refractivity contribution in [3.63, 3.8) is 0 Å². The average molecular weight is 314 g/mol. The Morgan fingerprint density at radius 2 is 1.62 bits per heavy atom. The van der Waals surface area contributed by atoms with Gasteiger partial charge in [0.2, 0.25) is 0 Å². The van der Waals surface area contributed by atoms with Gasteiger partial charge in [0.25, 0.3) is 15.7 Å². The number of anilines is 1. The Labute approximate surface area is 118 Å². The summed E-state index contributed by atoms with van der Waals surface area (Å²) < 4.78 is 52.9. The summed E-state index contributed by atoms with van der Waals surface area (Å²) in [4.78, 5) is 9.12. The van der Waals surface area contributed by atoms with Gasteiger partial charge in [-0.3, -0.25) is 14.8 Å². The van der Waals surface area contributed by atoms with Crippen LogP contribution in [0.25, 0.3) is 0 Å². The quantitative estimate of drug-likeness (QED) is 0.694. The maximum atomic E-state index is 13.6. The number of nitro benzene ring substituents is 1. The van der Waals surface area contributed by atoms with Gasteiger partial charge in [0.15, 0.2) is 11.5 Å². The van der Waals surface area contributed by atoms with E-state index in [0.717, 1.165) is 30.3 Å². The van der Waals surface area contributed by atoms with Crippen LogP contribution in [0.5, 0.6) is 0 Å². The third-order valence-electron chi connectivity index (χ3n) is 2.55. The number of sulfonamides is 1. The molecule has 0 spiro atoms. The standard InChI is InChI=1S/C12H8F2N2O4S/c13-8-4-1-2-7-11(8)21(19,20)15-12-9(14)5-3-6-10(12)16(17)18/h1-7,15H. The molecule has 0 fully saturated rings. The number of benzene rings is 2. The van der Waals surface area contributed by atoms with Crippen molar-refractivity contribution in [3.05, 3.63) is 64.2 Å². The number of halogens is 2. The lowest BCUT2D eigenvalue weighted by atomic mass is 10.2. The molecule has 0 aliphatic rings. The van der Waals surface area contributed by atoms with Crippen LogP contribution >= 0.6 is 0 Å². The summed E-state index contributed by atoms with van der Waals surface area (Å²) in [6.07, 6.45) is 0. The molecule has 1 N–H and O–H groups in total.